The first kappa shape index (κ1) is 13.3. The number of aromatic nitrogens is 2. The minimum atomic E-state index is -0.533. The molecule has 0 spiro atoms. The van der Waals surface area contributed by atoms with Crippen molar-refractivity contribution in [2.75, 3.05) is 0 Å². The largest absolute Gasteiger partial charge is 0.328 e. The number of benzene rings is 1. The number of para-hydroxylation sites is 1. The molecule has 1 amide bonds. The molecule has 106 valence electrons. The number of carbonyl (C=O) groups excluding carboxylic acids is 1. The summed E-state index contributed by atoms with van der Waals surface area (Å²) in [6, 6.07) is 10.9. The van der Waals surface area contributed by atoms with Crippen LogP contribution in [-0.4, -0.2) is 15.5 Å². The van der Waals surface area contributed by atoms with Crippen molar-refractivity contribution in [3.05, 3.63) is 63.3 Å². The van der Waals surface area contributed by atoms with E-state index in [1.165, 1.54) is 23.6 Å². The van der Waals surface area contributed by atoms with Gasteiger partial charge >= 0.3 is 0 Å². The minimum Gasteiger partial charge on any atom is -0.328 e. The molecular formula is C14H12N4O2S. The Morgan fingerprint density at radius 3 is 2.86 bits per heavy atom. The van der Waals surface area contributed by atoms with Crippen LogP contribution in [-0.2, 0) is 7.05 Å². The van der Waals surface area contributed by atoms with E-state index in [-0.39, 0.29) is 5.56 Å². The maximum absolute atomic E-state index is 11.9. The predicted octanol–water partition coefficient (Wildman–Crippen LogP) is 1.17. The van der Waals surface area contributed by atoms with Gasteiger partial charge in [0.05, 0.1) is 10.2 Å². The molecule has 0 aliphatic rings. The number of nitrogens with zero attached hydrogens (tertiary/aromatic N) is 2. The van der Waals surface area contributed by atoms with Gasteiger partial charge in [-0.05, 0) is 24.3 Å². The van der Waals surface area contributed by atoms with E-state index in [1.54, 1.807) is 6.07 Å². The van der Waals surface area contributed by atoms with E-state index in [0.717, 1.165) is 10.2 Å². The highest BCUT2D eigenvalue weighted by Crippen LogP contribution is 2.14. The van der Waals surface area contributed by atoms with Gasteiger partial charge in [-0.2, -0.15) is 0 Å². The molecule has 21 heavy (non-hydrogen) atoms. The number of rotatable bonds is 2. The lowest BCUT2D eigenvalue weighted by Crippen LogP contribution is -2.28. The number of H-pyrrole nitrogens is 1. The molecule has 2 N–H and O–H groups in total. The van der Waals surface area contributed by atoms with Gasteiger partial charge in [0.25, 0.3) is 11.5 Å². The third-order valence-corrected chi connectivity index (χ3v) is 4.14. The van der Waals surface area contributed by atoms with Crippen molar-refractivity contribution in [1.82, 2.24) is 15.0 Å². The molecule has 1 aromatic carbocycles. The lowest BCUT2D eigenvalue weighted by atomic mass is 10.3. The van der Waals surface area contributed by atoms with E-state index in [2.05, 4.69) is 15.5 Å². The Morgan fingerprint density at radius 2 is 2.10 bits per heavy atom. The van der Waals surface area contributed by atoms with Crippen LogP contribution in [0, 0.1) is 0 Å². The third kappa shape index (κ3) is 2.50. The van der Waals surface area contributed by atoms with Gasteiger partial charge < -0.3 is 9.55 Å². The molecule has 0 saturated heterocycles. The molecule has 0 aliphatic carbocycles. The van der Waals surface area contributed by atoms with E-state index < -0.39 is 11.5 Å². The highest BCUT2D eigenvalue weighted by molar-refractivity contribution is 7.16. The second-order valence-corrected chi connectivity index (χ2v) is 5.39. The van der Waals surface area contributed by atoms with Crippen molar-refractivity contribution in [3.8, 4) is 0 Å². The number of aryl methyl sites for hydroxylation is 1. The number of hydrogen-bond acceptors (Lipinski definition) is 4. The van der Waals surface area contributed by atoms with Crippen molar-refractivity contribution in [1.29, 1.82) is 0 Å². The number of nitrogens with one attached hydrogen (secondary N) is 2. The van der Waals surface area contributed by atoms with Gasteiger partial charge in [-0.15, -0.1) is 5.10 Å². The van der Waals surface area contributed by atoms with Crippen LogP contribution in [0.4, 0.5) is 0 Å². The smallest absolute Gasteiger partial charge is 0.277 e. The van der Waals surface area contributed by atoms with Crippen molar-refractivity contribution >= 4 is 27.5 Å². The molecular weight excluding hydrogens is 288 g/mol. The summed E-state index contributed by atoms with van der Waals surface area (Å²) < 4.78 is 2.96. The number of hydrogen-bond donors (Lipinski definition) is 2. The maximum atomic E-state index is 11.9. The van der Waals surface area contributed by atoms with Crippen molar-refractivity contribution < 1.29 is 4.79 Å². The summed E-state index contributed by atoms with van der Waals surface area (Å²) in [4.78, 5) is 26.6. The lowest BCUT2D eigenvalue weighted by Gasteiger charge is -1.98. The number of fused-ring (bicyclic) bond motifs is 1. The Bertz CT molecular complexity index is 936. The molecule has 0 radical (unpaired) electrons. The molecule has 0 saturated carbocycles. The lowest BCUT2D eigenvalue weighted by molar-refractivity contribution is 0.0951. The van der Waals surface area contributed by atoms with E-state index in [1.807, 2.05) is 35.9 Å². The zero-order valence-electron chi connectivity index (χ0n) is 11.2. The van der Waals surface area contributed by atoms with Crippen molar-refractivity contribution in [2.24, 2.45) is 12.1 Å². The predicted molar refractivity (Wildman–Crippen MR) is 80.9 cm³/mol. The average Bonchev–Trinajstić information content (AvgIpc) is 2.82. The van der Waals surface area contributed by atoms with Gasteiger partial charge in [0.1, 0.15) is 5.56 Å². The van der Waals surface area contributed by atoms with Crippen LogP contribution in [0.3, 0.4) is 0 Å². The molecule has 0 aliphatic heterocycles. The molecule has 6 nitrogen and oxygen atoms in total. The second kappa shape index (κ2) is 5.37. The number of amides is 1. The van der Waals surface area contributed by atoms with Crippen LogP contribution in [0.25, 0.3) is 10.2 Å². The summed E-state index contributed by atoms with van der Waals surface area (Å²) >= 11 is 1.46. The van der Waals surface area contributed by atoms with Gasteiger partial charge in [0.2, 0.25) is 4.80 Å². The molecule has 0 unspecified atom stereocenters. The minimum absolute atomic E-state index is 0.0324. The molecule has 3 aromatic rings. The van der Waals surface area contributed by atoms with Crippen LogP contribution in [0.1, 0.15) is 10.4 Å². The van der Waals surface area contributed by atoms with Gasteiger partial charge in [-0.3, -0.25) is 9.59 Å². The first-order chi connectivity index (χ1) is 10.2. The Hall–Kier alpha value is -2.67. The second-order valence-electron chi connectivity index (χ2n) is 4.38. The van der Waals surface area contributed by atoms with E-state index >= 15 is 0 Å². The van der Waals surface area contributed by atoms with Crippen LogP contribution in [0.5, 0.6) is 0 Å². The van der Waals surface area contributed by atoms with Crippen LogP contribution >= 0.6 is 11.3 Å². The van der Waals surface area contributed by atoms with Crippen LogP contribution in [0.15, 0.2) is 52.5 Å². The SMILES string of the molecule is Cn1/c(=N/NC(=O)c2ccc[nH]c2=O)sc2ccccc21. The summed E-state index contributed by atoms with van der Waals surface area (Å²) in [7, 11) is 1.87. The Labute approximate surface area is 123 Å². The number of aromatic amines is 1. The Morgan fingerprint density at radius 1 is 1.29 bits per heavy atom. The summed E-state index contributed by atoms with van der Waals surface area (Å²) in [6.45, 7) is 0. The monoisotopic (exact) mass is 300 g/mol. The van der Waals surface area contributed by atoms with E-state index in [0.29, 0.717) is 4.80 Å². The standard InChI is InChI=1S/C14H12N4O2S/c1-18-10-6-2-3-7-11(10)21-14(18)17-16-13(20)9-5-4-8-15-12(9)19/h2-8H,1H3,(H,15,19)(H,16,20)/b17-14-. The molecule has 7 heteroatoms. The fourth-order valence-corrected chi connectivity index (χ4v) is 2.93. The molecule has 0 bridgehead atoms. The fourth-order valence-electron chi connectivity index (χ4n) is 1.95. The summed E-state index contributed by atoms with van der Waals surface area (Å²) in [6.07, 6.45) is 1.47. The summed E-state index contributed by atoms with van der Waals surface area (Å²) in [5.74, 6) is -0.533. The highest BCUT2D eigenvalue weighted by atomic mass is 32.1. The van der Waals surface area contributed by atoms with Crippen molar-refractivity contribution in [2.45, 2.75) is 0 Å². The fraction of sp³-hybridized carbons (Fsp3) is 0.0714. The van der Waals surface area contributed by atoms with Gasteiger partial charge in [-0.1, -0.05) is 23.5 Å². The zero-order chi connectivity index (χ0) is 14.8. The molecule has 3 rings (SSSR count). The Balaban J connectivity index is 1.95. The topological polar surface area (TPSA) is 79.2 Å². The summed E-state index contributed by atoms with van der Waals surface area (Å²) in [5, 5.41) is 4.09. The van der Waals surface area contributed by atoms with E-state index in [4.69, 9.17) is 0 Å². The first-order valence-electron chi connectivity index (χ1n) is 6.23. The number of carbonyl (C=O) groups is 1. The summed E-state index contributed by atoms with van der Waals surface area (Å²) in [5.41, 5.74) is 3.04. The highest BCUT2D eigenvalue weighted by Gasteiger charge is 2.08. The van der Waals surface area contributed by atoms with Gasteiger partial charge in [-0.25, -0.2) is 5.43 Å². The van der Waals surface area contributed by atoms with Crippen LogP contribution < -0.4 is 15.8 Å². The van der Waals surface area contributed by atoms with Gasteiger partial charge in [0, 0.05) is 13.2 Å². The van der Waals surface area contributed by atoms with Crippen LogP contribution in [0.2, 0.25) is 0 Å². The zero-order valence-corrected chi connectivity index (χ0v) is 12.0. The normalized spacial score (nSPS) is 11.8. The molecule has 2 aromatic heterocycles. The van der Waals surface area contributed by atoms with E-state index in [9.17, 15) is 9.59 Å². The molecule has 0 atom stereocenters. The van der Waals surface area contributed by atoms with Gasteiger partial charge in [0.15, 0.2) is 0 Å². The third-order valence-electron chi connectivity index (χ3n) is 3.03. The average molecular weight is 300 g/mol. The molecule has 2 heterocycles. The first-order valence-corrected chi connectivity index (χ1v) is 7.05. The Kier molecular flexibility index (Phi) is 3.41. The number of pyridine rings is 1. The van der Waals surface area contributed by atoms with Crippen molar-refractivity contribution in [3.63, 3.8) is 0 Å². The quantitative estimate of drug-likeness (QED) is 0.697. The number of thiazole rings is 1. The molecule has 0 fully saturated rings. The maximum Gasteiger partial charge on any atom is 0.277 e.